The Morgan fingerprint density at radius 3 is 2.66 bits per heavy atom. The second kappa shape index (κ2) is 7.89. The molecular weight excluding hydrogens is 374 g/mol. The van der Waals surface area contributed by atoms with Gasteiger partial charge >= 0.3 is 11.7 Å². The summed E-state index contributed by atoms with van der Waals surface area (Å²) in [7, 11) is 0. The van der Waals surface area contributed by atoms with E-state index in [1.54, 1.807) is 54.8 Å². The maximum Gasteiger partial charge on any atom is 0.340 e. The summed E-state index contributed by atoms with van der Waals surface area (Å²) in [5.41, 5.74) is 1.99. The summed E-state index contributed by atoms with van der Waals surface area (Å²) >= 11 is 0. The Balaban J connectivity index is 1.42. The van der Waals surface area contributed by atoms with Crippen LogP contribution in [0.1, 0.15) is 26.5 Å². The molecule has 0 spiro atoms. The summed E-state index contributed by atoms with van der Waals surface area (Å²) in [5.74, 6) is -0.262. The molecule has 0 amide bonds. The lowest BCUT2D eigenvalue weighted by molar-refractivity contribution is 0.0475. The smallest absolute Gasteiger partial charge is 0.340 e. The van der Waals surface area contributed by atoms with Crippen molar-refractivity contribution in [3.8, 4) is 0 Å². The molecule has 2 aromatic heterocycles. The van der Waals surface area contributed by atoms with Crippen molar-refractivity contribution in [3.63, 3.8) is 0 Å². The van der Waals surface area contributed by atoms with E-state index in [9.17, 15) is 14.4 Å². The minimum Gasteiger partial charge on any atom is -0.467 e. The van der Waals surface area contributed by atoms with Gasteiger partial charge < -0.3 is 24.4 Å². The number of fused-ring (bicyclic) bond motifs is 1. The highest BCUT2D eigenvalue weighted by Crippen LogP contribution is 2.18. The van der Waals surface area contributed by atoms with Gasteiger partial charge in [0.1, 0.15) is 5.76 Å². The third-order valence-corrected chi connectivity index (χ3v) is 4.35. The predicted octanol–water partition coefficient (Wildman–Crippen LogP) is 3.10. The van der Waals surface area contributed by atoms with Gasteiger partial charge in [-0.05, 0) is 42.5 Å². The van der Waals surface area contributed by atoms with E-state index in [1.807, 2.05) is 6.07 Å². The number of para-hydroxylation sites is 1. The van der Waals surface area contributed by atoms with Gasteiger partial charge in [-0.15, -0.1) is 0 Å². The Morgan fingerprint density at radius 2 is 1.83 bits per heavy atom. The van der Waals surface area contributed by atoms with Crippen LogP contribution in [0.15, 0.2) is 70.1 Å². The van der Waals surface area contributed by atoms with Gasteiger partial charge in [0.2, 0.25) is 0 Å². The van der Waals surface area contributed by atoms with Crippen LogP contribution in [0.5, 0.6) is 0 Å². The second-order valence-corrected chi connectivity index (χ2v) is 6.32. The first kappa shape index (κ1) is 18.3. The predicted molar refractivity (Wildman–Crippen MR) is 106 cm³/mol. The van der Waals surface area contributed by atoms with Crippen LogP contribution in [0.2, 0.25) is 0 Å². The van der Waals surface area contributed by atoms with Gasteiger partial charge in [-0.3, -0.25) is 4.79 Å². The number of ether oxygens (including phenoxy) is 1. The van der Waals surface area contributed by atoms with Crippen LogP contribution in [-0.2, 0) is 11.3 Å². The molecular formula is C21H17N3O5. The number of rotatable bonds is 7. The van der Waals surface area contributed by atoms with Gasteiger partial charge in [0.05, 0.1) is 29.4 Å². The maximum absolute atomic E-state index is 12.5. The van der Waals surface area contributed by atoms with Crippen molar-refractivity contribution in [2.24, 2.45) is 0 Å². The average molecular weight is 391 g/mol. The van der Waals surface area contributed by atoms with Crippen molar-refractivity contribution in [2.45, 2.75) is 6.54 Å². The number of H-pyrrole nitrogens is 2. The van der Waals surface area contributed by atoms with E-state index in [1.165, 1.54) is 0 Å². The van der Waals surface area contributed by atoms with E-state index in [4.69, 9.17) is 9.15 Å². The van der Waals surface area contributed by atoms with Gasteiger partial charge in [-0.25, -0.2) is 9.59 Å². The molecule has 0 unspecified atom stereocenters. The van der Waals surface area contributed by atoms with Crippen molar-refractivity contribution in [1.82, 2.24) is 9.97 Å². The van der Waals surface area contributed by atoms with Crippen LogP contribution < -0.4 is 11.0 Å². The zero-order valence-corrected chi connectivity index (χ0v) is 15.2. The molecule has 0 atom stereocenters. The molecule has 0 saturated carbocycles. The maximum atomic E-state index is 12.5. The standard InChI is InChI=1S/C21H17N3O5/c25-19(13-7-8-17-18(10-13)24-21(27)23-17)12-29-20(26)15-5-1-2-6-16(15)22-11-14-4-3-9-28-14/h1-10,22H,11-12H2,(H2,23,24,27). The van der Waals surface area contributed by atoms with E-state index in [-0.39, 0.29) is 11.5 Å². The summed E-state index contributed by atoms with van der Waals surface area (Å²) in [6.45, 7) is -0.00335. The Hall–Kier alpha value is -4.07. The monoisotopic (exact) mass is 391 g/mol. The number of carbonyl (C=O) groups excluding carboxylic acids is 2. The molecule has 0 saturated heterocycles. The number of hydrogen-bond acceptors (Lipinski definition) is 6. The molecule has 2 aromatic carbocycles. The van der Waals surface area contributed by atoms with Gasteiger partial charge in [0.15, 0.2) is 12.4 Å². The summed E-state index contributed by atoms with van der Waals surface area (Å²) in [6, 6.07) is 15.2. The first-order valence-electron chi connectivity index (χ1n) is 8.88. The fraction of sp³-hybridized carbons (Fsp3) is 0.0952. The van der Waals surface area contributed by atoms with E-state index in [2.05, 4.69) is 15.3 Å². The number of aromatic amines is 2. The summed E-state index contributed by atoms with van der Waals surface area (Å²) in [6.07, 6.45) is 1.57. The minimum atomic E-state index is -0.614. The zero-order chi connectivity index (χ0) is 20.2. The highest BCUT2D eigenvalue weighted by molar-refractivity contribution is 6.02. The Bertz CT molecular complexity index is 1220. The third kappa shape index (κ3) is 4.11. The van der Waals surface area contributed by atoms with Crippen LogP contribution in [0.25, 0.3) is 11.0 Å². The van der Waals surface area contributed by atoms with Crippen LogP contribution in [0.4, 0.5) is 5.69 Å². The number of carbonyl (C=O) groups is 2. The zero-order valence-electron chi connectivity index (χ0n) is 15.2. The first-order valence-corrected chi connectivity index (χ1v) is 8.88. The molecule has 3 N–H and O–H groups in total. The molecule has 4 aromatic rings. The van der Waals surface area contributed by atoms with Crippen molar-refractivity contribution in [3.05, 3.63) is 88.2 Å². The number of ketones is 1. The SMILES string of the molecule is O=C(COC(=O)c1ccccc1NCc1ccco1)c1ccc2[nH]c(=O)[nH]c2c1. The molecule has 4 rings (SSSR count). The number of esters is 1. The topological polar surface area (TPSA) is 117 Å². The molecule has 146 valence electrons. The number of aromatic nitrogens is 2. The van der Waals surface area contributed by atoms with Gasteiger partial charge in [-0.2, -0.15) is 0 Å². The van der Waals surface area contributed by atoms with Crippen molar-refractivity contribution in [2.75, 3.05) is 11.9 Å². The molecule has 29 heavy (non-hydrogen) atoms. The van der Waals surface area contributed by atoms with Crippen LogP contribution in [0.3, 0.4) is 0 Å². The van der Waals surface area contributed by atoms with Crippen LogP contribution >= 0.6 is 0 Å². The van der Waals surface area contributed by atoms with Crippen LogP contribution in [-0.4, -0.2) is 28.3 Å². The molecule has 8 heteroatoms. The average Bonchev–Trinajstić information content (AvgIpc) is 3.38. The number of benzene rings is 2. The Kier molecular flexibility index (Phi) is 4.98. The third-order valence-electron chi connectivity index (χ3n) is 4.35. The molecule has 0 aliphatic heterocycles. The number of hydrogen-bond donors (Lipinski definition) is 3. The van der Waals surface area contributed by atoms with E-state index in [0.29, 0.717) is 34.4 Å². The van der Waals surface area contributed by atoms with Gasteiger partial charge in [-0.1, -0.05) is 12.1 Å². The number of imidazole rings is 1. The van der Waals surface area contributed by atoms with Crippen molar-refractivity contribution < 1.29 is 18.7 Å². The highest BCUT2D eigenvalue weighted by Gasteiger charge is 2.16. The largest absolute Gasteiger partial charge is 0.467 e. The lowest BCUT2D eigenvalue weighted by atomic mass is 10.1. The number of furan rings is 1. The second-order valence-electron chi connectivity index (χ2n) is 6.32. The normalized spacial score (nSPS) is 10.8. The first-order chi connectivity index (χ1) is 14.1. The highest BCUT2D eigenvalue weighted by atomic mass is 16.5. The van der Waals surface area contributed by atoms with E-state index in [0.717, 1.165) is 5.76 Å². The lowest BCUT2D eigenvalue weighted by Gasteiger charge is -2.11. The lowest BCUT2D eigenvalue weighted by Crippen LogP contribution is -2.15. The molecule has 0 aliphatic carbocycles. The van der Waals surface area contributed by atoms with E-state index < -0.39 is 12.6 Å². The Labute approximate surface area is 164 Å². The number of anilines is 1. The molecule has 0 aliphatic rings. The molecule has 8 nitrogen and oxygen atoms in total. The fourth-order valence-electron chi connectivity index (χ4n) is 2.91. The molecule has 0 radical (unpaired) electrons. The van der Waals surface area contributed by atoms with Crippen molar-refractivity contribution >= 4 is 28.5 Å². The summed E-state index contributed by atoms with van der Waals surface area (Å²) in [5, 5.41) is 3.12. The van der Waals surface area contributed by atoms with Gasteiger partial charge in [0, 0.05) is 11.3 Å². The fourth-order valence-corrected chi connectivity index (χ4v) is 2.91. The molecule has 0 bridgehead atoms. The quantitative estimate of drug-likeness (QED) is 0.329. The summed E-state index contributed by atoms with van der Waals surface area (Å²) < 4.78 is 10.5. The molecule has 2 heterocycles. The minimum absolute atomic E-state index is 0.317. The van der Waals surface area contributed by atoms with Crippen LogP contribution in [0, 0.1) is 0 Å². The number of Topliss-reactive ketones (excluding diaryl/α,β-unsaturated/α-hetero) is 1. The molecule has 0 fully saturated rings. The van der Waals surface area contributed by atoms with E-state index >= 15 is 0 Å². The van der Waals surface area contributed by atoms with Crippen molar-refractivity contribution in [1.29, 1.82) is 0 Å². The van der Waals surface area contributed by atoms with Gasteiger partial charge in [0.25, 0.3) is 0 Å². The number of nitrogens with one attached hydrogen (secondary N) is 3. The Morgan fingerprint density at radius 1 is 1.00 bits per heavy atom. The summed E-state index contributed by atoms with van der Waals surface area (Å²) in [4.78, 5) is 41.4.